The maximum atomic E-state index is 5.45. The summed E-state index contributed by atoms with van der Waals surface area (Å²) in [6, 6.07) is 2.26. The van der Waals surface area contributed by atoms with Gasteiger partial charge in [-0.25, -0.2) is 9.97 Å². The molecule has 6 nitrogen and oxygen atoms in total. The average molecular weight is 358 g/mol. The van der Waals surface area contributed by atoms with E-state index in [1.165, 1.54) is 64.2 Å². The van der Waals surface area contributed by atoms with Gasteiger partial charge >= 0.3 is 0 Å². The van der Waals surface area contributed by atoms with Gasteiger partial charge in [0.1, 0.15) is 12.1 Å². The van der Waals surface area contributed by atoms with Crippen molar-refractivity contribution in [3.63, 3.8) is 0 Å². The highest BCUT2D eigenvalue weighted by Gasteiger charge is 2.40. The van der Waals surface area contributed by atoms with Crippen LogP contribution >= 0.6 is 0 Å². The number of likely N-dealkylation sites (tertiary alicyclic amines) is 1. The van der Waals surface area contributed by atoms with E-state index in [1.54, 1.807) is 6.33 Å². The van der Waals surface area contributed by atoms with Crippen LogP contribution in [0.4, 0.5) is 5.82 Å². The summed E-state index contributed by atoms with van der Waals surface area (Å²) in [5.41, 5.74) is 1.27. The molecule has 5 rings (SSSR count). The average Bonchev–Trinajstić information content (AvgIpc) is 3.18. The fraction of sp³-hybridized carbons (Fsp3) is 0.800. The summed E-state index contributed by atoms with van der Waals surface area (Å²) >= 11 is 0. The topological polar surface area (TPSA) is 44.7 Å². The molecule has 3 saturated heterocycles. The third kappa shape index (κ3) is 3.47. The molecule has 1 aliphatic carbocycles. The highest BCUT2D eigenvalue weighted by Crippen LogP contribution is 2.37. The fourth-order valence-corrected chi connectivity index (χ4v) is 5.03. The van der Waals surface area contributed by atoms with Gasteiger partial charge in [-0.2, -0.15) is 0 Å². The quantitative estimate of drug-likeness (QED) is 0.795. The Morgan fingerprint density at radius 3 is 2.35 bits per heavy atom. The zero-order valence-corrected chi connectivity index (χ0v) is 15.7. The lowest BCUT2D eigenvalue weighted by molar-refractivity contribution is 0.0341. The van der Waals surface area contributed by atoms with Crippen LogP contribution in [-0.4, -0.2) is 85.3 Å². The number of hydrogen-bond acceptors (Lipinski definition) is 6. The van der Waals surface area contributed by atoms with Crippen molar-refractivity contribution in [2.45, 2.75) is 25.2 Å². The number of fused-ring (bicyclic) bond motifs is 1. The molecular weight excluding hydrogens is 326 g/mol. The third-order valence-electron chi connectivity index (χ3n) is 6.92. The van der Waals surface area contributed by atoms with Crippen LogP contribution in [0, 0.1) is 11.8 Å². The Labute approximate surface area is 156 Å². The Balaban J connectivity index is 1.13. The van der Waals surface area contributed by atoms with E-state index in [4.69, 9.17) is 4.74 Å². The van der Waals surface area contributed by atoms with Crippen molar-refractivity contribution in [1.29, 1.82) is 0 Å². The summed E-state index contributed by atoms with van der Waals surface area (Å²) in [6.45, 7) is 11.3. The van der Waals surface area contributed by atoms with Crippen LogP contribution in [0.15, 0.2) is 12.4 Å². The Morgan fingerprint density at radius 2 is 1.65 bits per heavy atom. The number of aromatic nitrogens is 2. The summed E-state index contributed by atoms with van der Waals surface area (Å²) in [7, 11) is 0. The van der Waals surface area contributed by atoms with Crippen LogP contribution < -0.4 is 4.90 Å². The lowest BCUT2D eigenvalue weighted by Crippen LogP contribution is -2.41. The van der Waals surface area contributed by atoms with Gasteiger partial charge in [0, 0.05) is 70.0 Å². The second-order valence-corrected chi connectivity index (χ2v) is 8.57. The second-order valence-electron chi connectivity index (χ2n) is 8.57. The van der Waals surface area contributed by atoms with E-state index in [0.29, 0.717) is 5.92 Å². The molecule has 26 heavy (non-hydrogen) atoms. The SMILES string of the molecule is c1nc(C2CCC2)cc(N2CC3CN(CCN4CCOCC4)CC3C2)n1. The molecule has 4 heterocycles. The van der Waals surface area contributed by atoms with Crippen LogP contribution in [0.2, 0.25) is 0 Å². The van der Waals surface area contributed by atoms with Gasteiger partial charge in [0.25, 0.3) is 0 Å². The second kappa shape index (κ2) is 7.41. The monoisotopic (exact) mass is 357 g/mol. The van der Waals surface area contributed by atoms with Crippen LogP contribution in [0.3, 0.4) is 0 Å². The molecule has 0 bridgehead atoms. The van der Waals surface area contributed by atoms with Crippen LogP contribution in [0.25, 0.3) is 0 Å². The van der Waals surface area contributed by atoms with Gasteiger partial charge in [0.05, 0.1) is 13.2 Å². The summed E-state index contributed by atoms with van der Waals surface area (Å²) in [6.07, 6.45) is 5.75. The van der Waals surface area contributed by atoms with Gasteiger partial charge < -0.3 is 14.5 Å². The number of nitrogens with zero attached hydrogens (tertiary/aromatic N) is 5. The molecule has 2 atom stereocenters. The van der Waals surface area contributed by atoms with Crippen LogP contribution in [-0.2, 0) is 4.74 Å². The molecule has 0 spiro atoms. The van der Waals surface area contributed by atoms with Crippen LogP contribution in [0.1, 0.15) is 30.9 Å². The first-order valence-electron chi connectivity index (χ1n) is 10.4. The number of ether oxygens (including phenoxy) is 1. The zero-order chi connectivity index (χ0) is 17.3. The number of rotatable bonds is 5. The summed E-state index contributed by atoms with van der Waals surface area (Å²) in [5.74, 6) is 3.47. The number of anilines is 1. The van der Waals surface area contributed by atoms with Crippen molar-refractivity contribution in [3.05, 3.63) is 18.1 Å². The molecule has 3 aliphatic heterocycles. The number of morpholine rings is 1. The van der Waals surface area contributed by atoms with Crippen molar-refractivity contribution < 1.29 is 4.74 Å². The molecule has 0 N–H and O–H groups in total. The first kappa shape index (κ1) is 16.9. The molecule has 2 unspecified atom stereocenters. The van der Waals surface area contributed by atoms with Crippen molar-refractivity contribution in [2.24, 2.45) is 11.8 Å². The molecule has 0 aromatic carbocycles. The molecule has 1 saturated carbocycles. The minimum atomic E-state index is 0.689. The van der Waals surface area contributed by atoms with Gasteiger partial charge in [-0.05, 0) is 24.7 Å². The van der Waals surface area contributed by atoms with Gasteiger partial charge in [0.2, 0.25) is 0 Å². The van der Waals surface area contributed by atoms with E-state index >= 15 is 0 Å². The predicted molar refractivity (Wildman–Crippen MR) is 102 cm³/mol. The van der Waals surface area contributed by atoms with Gasteiger partial charge in [-0.3, -0.25) is 4.90 Å². The third-order valence-corrected chi connectivity index (χ3v) is 6.92. The number of hydrogen-bond donors (Lipinski definition) is 0. The van der Waals surface area contributed by atoms with E-state index in [2.05, 4.69) is 30.7 Å². The molecule has 6 heteroatoms. The normalized spacial score (nSPS) is 30.5. The highest BCUT2D eigenvalue weighted by atomic mass is 16.5. The van der Waals surface area contributed by atoms with E-state index in [1.807, 2.05) is 0 Å². The molecule has 142 valence electrons. The van der Waals surface area contributed by atoms with Crippen molar-refractivity contribution in [1.82, 2.24) is 19.8 Å². The summed E-state index contributed by atoms with van der Waals surface area (Å²) in [4.78, 5) is 16.9. The molecule has 1 aromatic rings. The maximum Gasteiger partial charge on any atom is 0.132 e. The Kier molecular flexibility index (Phi) is 4.82. The summed E-state index contributed by atoms with van der Waals surface area (Å²) in [5, 5.41) is 0. The summed E-state index contributed by atoms with van der Waals surface area (Å²) < 4.78 is 5.45. The smallest absolute Gasteiger partial charge is 0.132 e. The molecule has 4 aliphatic rings. The lowest BCUT2D eigenvalue weighted by Gasteiger charge is -2.29. The molecular formula is C20H31N5O. The van der Waals surface area contributed by atoms with E-state index < -0.39 is 0 Å². The minimum Gasteiger partial charge on any atom is -0.379 e. The predicted octanol–water partition coefficient (Wildman–Crippen LogP) is 1.44. The molecule has 0 radical (unpaired) electrons. The largest absolute Gasteiger partial charge is 0.379 e. The maximum absolute atomic E-state index is 5.45. The van der Waals surface area contributed by atoms with E-state index in [-0.39, 0.29) is 0 Å². The molecule has 0 amide bonds. The van der Waals surface area contributed by atoms with Gasteiger partial charge in [-0.1, -0.05) is 6.42 Å². The first-order valence-corrected chi connectivity index (χ1v) is 10.4. The lowest BCUT2D eigenvalue weighted by atomic mass is 9.83. The fourth-order valence-electron chi connectivity index (χ4n) is 5.03. The highest BCUT2D eigenvalue weighted by molar-refractivity contribution is 5.42. The Bertz CT molecular complexity index is 602. The Hall–Kier alpha value is -1.24. The molecule has 1 aromatic heterocycles. The van der Waals surface area contributed by atoms with Gasteiger partial charge in [-0.15, -0.1) is 0 Å². The van der Waals surface area contributed by atoms with Gasteiger partial charge in [0.15, 0.2) is 0 Å². The van der Waals surface area contributed by atoms with Crippen molar-refractivity contribution in [2.75, 3.05) is 70.5 Å². The Morgan fingerprint density at radius 1 is 0.923 bits per heavy atom. The van der Waals surface area contributed by atoms with Crippen molar-refractivity contribution >= 4 is 5.82 Å². The first-order chi connectivity index (χ1) is 12.8. The van der Waals surface area contributed by atoms with E-state index in [9.17, 15) is 0 Å². The zero-order valence-electron chi connectivity index (χ0n) is 15.7. The van der Waals surface area contributed by atoms with Crippen LogP contribution in [0.5, 0.6) is 0 Å². The molecule has 4 fully saturated rings. The van der Waals surface area contributed by atoms with Crippen molar-refractivity contribution in [3.8, 4) is 0 Å². The standard InChI is InChI=1S/C20H31N5O/c1-2-16(3-1)19-10-20(22-15-21-19)25-13-17-11-24(12-18(17)14-25)5-4-23-6-8-26-9-7-23/h10,15-18H,1-9,11-14H2. The van der Waals surface area contributed by atoms with E-state index in [0.717, 1.165) is 44.0 Å². The minimum absolute atomic E-state index is 0.689.